The van der Waals surface area contributed by atoms with Gasteiger partial charge in [-0.3, -0.25) is 0 Å². The summed E-state index contributed by atoms with van der Waals surface area (Å²) < 4.78 is 0. The molecular weight excluding hydrogens is 122 g/mol. The summed E-state index contributed by atoms with van der Waals surface area (Å²) in [5.74, 6) is 0. The molecule has 0 atom stereocenters. The van der Waals surface area contributed by atoms with Crippen molar-refractivity contribution in [2.24, 2.45) is 5.73 Å². The Bertz CT molecular complexity index is 18.7. The maximum Gasteiger partial charge on any atom is -0.0106 e. The van der Waals surface area contributed by atoms with Gasteiger partial charge in [0.05, 0.1) is 0 Å². The minimum absolute atomic E-state index is 0.750. The number of rotatable bonds is 2. The van der Waals surface area contributed by atoms with Gasteiger partial charge in [-0.2, -0.15) is 0 Å². The predicted octanol–water partition coefficient (Wildman–Crippen LogP) is 3.19. The van der Waals surface area contributed by atoms with Crippen LogP contribution in [0.5, 0.6) is 0 Å². The van der Waals surface area contributed by atoms with Gasteiger partial charge in [0.1, 0.15) is 0 Å². The first kappa shape index (κ1) is 16.5. The van der Waals surface area contributed by atoms with Gasteiger partial charge in [-0.25, -0.2) is 0 Å². The summed E-state index contributed by atoms with van der Waals surface area (Å²) in [5, 5.41) is 0. The molecule has 0 aromatic rings. The van der Waals surface area contributed by atoms with Gasteiger partial charge in [0.25, 0.3) is 0 Å². The Morgan fingerprint density at radius 2 is 1.10 bits per heavy atom. The van der Waals surface area contributed by atoms with Crippen molar-refractivity contribution in [3.8, 4) is 0 Å². The third-order valence-electron chi connectivity index (χ3n) is 0.707. The van der Waals surface area contributed by atoms with Crippen LogP contribution < -0.4 is 5.73 Å². The van der Waals surface area contributed by atoms with Gasteiger partial charge in [0, 0.05) is 0 Å². The second-order valence-electron chi connectivity index (χ2n) is 1.76. The van der Waals surface area contributed by atoms with E-state index in [1.165, 1.54) is 19.3 Å². The number of hydrogen-bond acceptors (Lipinski definition) is 1. The zero-order chi connectivity index (χ0) is 8.83. The lowest BCUT2D eigenvalue weighted by molar-refractivity contribution is 0.772. The monoisotopic (exact) mass is 147 g/mol. The first-order chi connectivity index (χ1) is 4.83. The smallest absolute Gasteiger partial charge is 0.0106 e. The number of hydrogen-bond donors (Lipinski definition) is 1. The van der Waals surface area contributed by atoms with E-state index in [1.807, 2.05) is 20.8 Å². The van der Waals surface area contributed by atoms with E-state index in [9.17, 15) is 0 Å². The van der Waals surface area contributed by atoms with E-state index in [1.54, 1.807) is 0 Å². The molecule has 10 heavy (non-hydrogen) atoms. The molecule has 0 fully saturated rings. The minimum Gasteiger partial charge on any atom is -0.331 e. The summed E-state index contributed by atoms with van der Waals surface area (Å²) in [6.07, 6.45) is 4.08. The third kappa shape index (κ3) is 100. The average Bonchev–Trinajstić information content (AvgIpc) is 1.96. The lowest BCUT2D eigenvalue weighted by atomic mass is 10.3. The number of unbranched alkanes of at least 4 members (excludes halogenated alkanes) is 2. The molecule has 0 amide bonds. The molecule has 0 bridgehead atoms. The van der Waals surface area contributed by atoms with Crippen LogP contribution >= 0.6 is 0 Å². The summed E-state index contributed by atoms with van der Waals surface area (Å²) in [5.41, 5.74) is 4.85. The quantitative estimate of drug-likeness (QED) is 0.638. The fourth-order valence-corrected chi connectivity index (χ4v) is 0.354. The average molecular weight is 147 g/mol. The van der Waals surface area contributed by atoms with Crippen molar-refractivity contribution >= 4 is 0 Å². The molecule has 0 rings (SSSR count). The van der Waals surface area contributed by atoms with Crippen molar-refractivity contribution in [2.45, 2.75) is 53.9 Å². The summed E-state index contributed by atoms with van der Waals surface area (Å²) in [7, 11) is 0. The van der Waals surface area contributed by atoms with E-state index >= 15 is 0 Å². The van der Waals surface area contributed by atoms with Crippen LogP contribution in [-0.4, -0.2) is 6.54 Å². The maximum atomic E-state index is 4.85. The Labute approximate surface area is 67.0 Å². The standard InChI is InChI=1S/C5H12.C2H7N.C2H6/c1-3-5-4-2;1-2-3;1-2/h3-5H2,1-2H3;2-3H2,1H3;1-2H3. The highest BCUT2D eigenvalue weighted by atomic mass is 14.5. The van der Waals surface area contributed by atoms with Crippen molar-refractivity contribution in [1.29, 1.82) is 0 Å². The fourth-order valence-electron chi connectivity index (χ4n) is 0.354. The maximum absolute atomic E-state index is 4.85. The van der Waals surface area contributed by atoms with Crippen LogP contribution in [0, 0.1) is 0 Å². The molecule has 0 unspecified atom stereocenters. The van der Waals surface area contributed by atoms with E-state index in [4.69, 9.17) is 5.73 Å². The van der Waals surface area contributed by atoms with Gasteiger partial charge in [-0.05, 0) is 6.54 Å². The highest BCUT2D eigenvalue weighted by Crippen LogP contribution is 1.88. The van der Waals surface area contributed by atoms with Crippen LogP contribution in [-0.2, 0) is 0 Å². The molecule has 0 radical (unpaired) electrons. The largest absolute Gasteiger partial charge is 0.331 e. The van der Waals surface area contributed by atoms with Gasteiger partial charge in [0.2, 0.25) is 0 Å². The first-order valence-electron chi connectivity index (χ1n) is 4.53. The van der Waals surface area contributed by atoms with Crippen LogP contribution in [0.1, 0.15) is 53.9 Å². The Morgan fingerprint density at radius 3 is 1.10 bits per heavy atom. The Kier molecular flexibility index (Phi) is 59.8. The Morgan fingerprint density at radius 1 is 0.900 bits per heavy atom. The minimum atomic E-state index is 0.750. The van der Waals surface area contributed by atoms with Gasteiger partial charge < -0.3 is 5.73 Å². The van der Waals surface area contributed by atoms with Crippen LogP contribution in [0.3, 0.4) is 0 Å². The van der Waals surface area contributed by atoms with Gasteiger partial charge >= 0.3 is 0 Å². The Hall–Kier alpha value is -0.0400. The van der Waals surface area contributed by atoms with E-state index in [0.29, 0.717) is 0 Å². The third-order valence-corrected chi connectivity index (χ3v) is 0.707. The summed E-state index contributed by atoms with van der Waals surface area (Å²) in [4.78, 5) is 0. The molecule has 0 saturated heterocycles. The lowest BCUT2D eigenvalue weighted by Gasteiger charge is -1.79. The molecule has 1 heteroatoms. The highest BCUT2D eigenvalue weighted by molar-refractivity contribution is 4.24. The second-order valence-corrected chi connectivity index (χ2v) is 1.76. The van der Waals surface area contributed by atoms with Gasteiger partial charge in [-0.15, -0.1) is 0 Å². The van der Waals surface area contributed by atoms with Crippen molar-refractivity contribution in [3.05, 3.63) is 0 Å². The van der Waals surface area contributed by atoms with Gasteiger partial charge in [0.15, 0.2) is 0 Å². The molecule has 0 aliphatic heterocycles. The molecule has 0 aromatic carbocycles. The van der Waals surface area contributed by atoms with Crippen LogP contribution in [0.2, 0.25) is 0 Å². The molecule has 0 aliphatic rings. The predicted molar refractivity (Wildman–Crippen MR) is 51.3 cm³/mol. The molecule has 2 N–H and O–H groups in total. The van der Waals surface area contributed by atoms with Crippen LogP contribution in [0.4, 0.5) is 0 Å². The summed E-state index contributed by atoms with van der Waals surface area (Å²) in [6.45, 7) is 11.1. The molecule has 1 nitrogen and oxygen atoms in total. The highest BCUT2D eigenvalue weighted by Gasteiger charge is 1.68. The zero-order valence-corrected chi connectivity index (χ0v) is 8.41. The fraction of sp³-hybridized carbons (Fsp3) is 1.00. The van der Waals surface area contributed by atoms with E-state index in [0.717, 1.165) is 6.54 Å². The topological polar surface area (TPSA) is 26.0 Å². The molecule has 66 valence electrons. The lowest BCUT2D eigenvalue weighted by Crippen LogP contribution is -1.87. The molecular formula is C9H25N. The second kappa shape index (κ2) is 36.2. The summed E-state index contributed by atoms with van der Waals surface area (Å²) in [6, 6.07) is 0. The molecule has 0 aromatic heterocycles. The SMILES string of the molecule is CC.CCCCC.CCN. The zero-order valence-electron chi connectivity index (χ0n) is 8.41. The van der Waals surface area contributed by atoms with Crippen molar-refractivity contribution in [2.75, 3.05) is 6.54 Å². The molecule has 0 spiro atoms. The molecule has 0 aliphatic carbocycles. The molecule has 0 saturated carbocycles. The van der Waals surface area contributed by atoms with Crippen LogP contribution in [0.15, 0.2) is 0 Å². The Balaban J connectivity index is -0.0000000847. The van der Waals surface area contributed by atoms with Crippen molar-refractivity contribution in [1.82, 2.24) is 0 Å². The normalized spacial score (nSPS) is 6.60. The van der Waals surface area contributed by atoms with Gasteiger partial charge in [-0.1, -0.05) is 53.9 Å². The van der Waals surface area contributed by atoms with E-state index in [2.05, 4.69) is 13.8 Å². The number of nitrogens with two attached hydrogens (primary N) is 1. The van der Waals surface area contributed by atoms with E-state index in [-0.39, 0.29) is 0 Å². The van der Waals surface area contributed by atoms with E-state index < -0.39 is 0 Å². The van der Waals surface area contributed by atoms with Crippen molar-refractivity contribution in [3.63, 3.8) is 0 Å². The first-order valence-corrected chi connectivity index (χ1v) is 4.53. The summed E-state index contributed by atoms with van der Waals surface area (Å²) >= 11 is 0. The molecule has 0 heterocycles. The van der Waals surface area contributed by atoms with Crippen molar-refractivity contribution < 1.29 is 0 Å². The van der Waals surface area contributed by atoms with Crippen LogP contribution in [0.25, 0.3) is 0 Å².